The summed E-state index contributed by atoms with van der Waals surface area (Å²) >= 11 is 0. The summed E-state index contributed by atoms with van der Waals surface area (Å²) in [5.74, 6) is 2.06. The highest BCUT2D eigenvalue weighted by molar-refractivity contribution is 5.69. The maximum Gasteiger partial charge on any atom is 0.306 e. The van der Waals surface area contributed by atoms with Crippen LogP contribution in [0.25, 0.3) is 0 Å². The molecule has 1 N–H and O–H groups in total. The van der Waals surface area contributed by atoms with Gasteiger partial charge in [0.05, 0.1) is 6.61 Å². The number of hydrogen-bond acceptors (Lipinski definition) is 5. The van der Waals surface area contributed by atoms with Gasteiger partial charge in [0.25, 0.3) is 0 Å². The number of carbonyl (C=O) groups excluding carboxylic acids is 2. The summed E-state index contributed by atoms with van der Waals surface area (Å²) in [6, 6.07) is 0. The summed E-state index contributed by atoms with van der Waals surface area (Å²) in [7, 11) is 0. The Bertz CT molecular complexity index is 644. The van der Waals surface area contributed by atoms with Crippen molar-refractivity contribution in [3.05, 3.63) is 0 Å². The molecular weight excluding hydrogens is 534 g/mol. The van der Waals surface area contributed by atoms with Gasteiger partial charge in [0.2, 0.25) is 0 Å². The van der Waals surface area contributed by atoms with Crippen LogP contribution in [0.1, 0.15) is 188 Å². The van der Waals surface area contributed by atoms with Gasteiger partial charge in [-0.2, -0.15) is 0 Å². The lowest BCUT2D eigenvalue weighted by molar-refractivity contribution is -0.152. The Morgan fingerprint density at radius 1 is 0.698 bits per heavy atom. The van der Waals surface area contributed by atoms with Gasteiger partial charge in [-0.05, 0) is 82.7 Å². The number of ether oxygens (including phenoxy) is 2. The fraction of sp³-hybridized carbons (Fsp3) is 0.947. The molecule has 0 amide bonds. The highest BCUT2D eigenvalue weighted by Gasteiger charge is 2.26. The van der Waals surface area contributed by atoms with Gasteiger partial charge in [-0.1, -0.05) is 124 Å². The van der Waals surface area contributed by atoms with Gasteiger partial charge < -0.3 is 14.8 Å². The zero-order valence-corrected chi connectivity index (χ0v) is 29.2. The lowest BCUT2D eigenvalue weighted by atomic mass is 9.80. The molecule has 3 atom stereocenters. The fourth-order valence-corrected chi connectivity index (χ4v) is 6.70. The third-order valence-corrected chi connectivity index (χ3v) is 9.65. The number of hydrogen-bond donors (Lipinski definition) is 1. The van der Waals surface area contributed by atoms with Crippen molar-refractivity contribution in [3.8, 4) is 0 Å². The van der Waals surface area contributed by atoms with Crippen LogP contribution in [0.3, 0.4) is 0 Å². The van der Waals surface area contributed by atoms with Gasteiger partial charge in [0.15, 0.2) is 0 Å². The van der Waals surface area contributed by atoms with E-state index < -0.39 is 0 Å². The van der Waals surface area contributed by atoms with E-state index in [0.29, 0.717) is 25.4 Å². The minimum absolute atomic E-state index is 0.00131. The summed E-state index contributed by atoms with van der Waals surface area (Å²) in [6.45, 7) is 11.7. The first-order valence-corrected chi connectivity index (χ1v) is 19.0. The Labute approximate surface area is 267 Å². The minimum atomic E-state index is 0.00131. The predicted molar refractivity (Wildman–Crippen MR) is 182 cm³/mol. The summed E-state index contributed by atoms with van der Waals surface area (Å²) < 4.78 is 11.3. The molecule has 1 aliphatic carbocycles. The average molecular weight is 608 g/mol. The van der Waals surface area contributed by atoms with E-state index in [9.17, 15) is 9.59 Å². The summed E-state index contributed by atoms with van der Waals surface area (Å²) in [4.78, 5) is 24.3. The predicted octanol–water partition coefficient (Wildman–Crippen LogP) is 10.7. The van der Waals surface area contributed by atoms with Crippen molar-refractivity contribution >= 4 is 11.9 Å². The van der Waals surface area contributed by atoms with Gasteiger partial charge in [-0.3, -0.25) is 9.59 Å². The Morgan fingerprint density at radius 3 is 1.84 bits per heavy atom. The number of carbonyl (C=O) groups is 2. The highest BCUT2D eigenvalue weighted by Crippen LogP contribution is 2.32. The van der Waals surface area contributed by atoms with Crippen LogP contribution in [0.5, 0.6) is 0 Å². The lowest BCUT2D eigenvalue weighted by Gasteiger charge is -2.30. The molecule has 1 saturated carbocycles. The Kier molecular flexibility index (Phi) is 26.3. The maximum atomic E-state index is 12.2. The minimum Gasteiger partial charge on any atom is -0.466 e. The molecule has 0 aromatic carbocycles. The second-order valence-corrected chi connectivity index (χ2v) is 13.9. The van der Waals surface area contributed by atoms with E-state index >= 15 is 0 Å². The number of rotatable bonds is 29. The first kappa shape index (κ1) is 39.9. The molecule has 5 heteroatoms. The van der Waals surface area contributed by atoms with Crippen LogP contribution in [-0.4, -0.2) is 37.7 Å². The van der Waals surface area contributed by atoms with E-state index in [-0.39, 0.29) is 18.0 Å². The molecule has 0 spiro atoms. The van der Waals surface area contributed by atoms with Crippen LogP contribution in [0.4, 0.5) is 0 Å². The van der Waals surface area contributed by atoms with Crippen molar-refractivity contribution < 1.29 is 19.1 Å². The molecule has 0 heterocycles. The molecule has 1 fully saturated rings. The Morgan fingerprint density at radius 2 is 1.26 bits per heavy atom. The standard InChI is InChI=1S/C38H73NO4/c1-5-7-15-23-35(24-16-8-6-2)28-31-42-37(40)26-17-11-9-13-19-29-39-30-20-14-10-12-18-27-38(41)43-34(4)36-25-21-22-33(3)32-36/h33-36,39H,5-32H2,1-4H3. The van der Waals surface area contributed by atoms with Gasteiger partial charge in [0, 0.05) is 12.8 Å². The van der Waals surface area contributed by atoms with E-state index in [4.69, 9.17) is 9.47 Å². The summed E-state index contributed by atoms with van der Waals surface area (Å²) in [5.41, 5.74) is 0. The number of esters is 2. The summed E-state index contributed by atoms with van der Waals surface area (Å²) in [5, 5.41) is 3.58. The van der Waals surface area contributed by atoms with Gasteiger partial charge >= 0.3 is 11.9 Å². The average Bonchev–Trinajstić information content (AvgIpc) is 2.99. The molecule has 0 bridgehead atoms. The zero-order valence-electron chi connectivity index (χ0n) is 29.2. The van der Waals surface area contributed by atoms with Crippen molar-refractivity contribution in [2.24, 2.45) is 17.8 Å². The van der Waals surface area contributed by atoms with Crippen molar-refractivity contribution in [2.75, 3.05) is 19.7 Å². The van der Waals surface area contributed by atoms with Gasteiger partial charge in [0.1, 0.15) is 6.10 Å². The third kappa shape index (κ3) is 23.9. The van der Waals surface area contributed by atoms with E-state index in [1.54, 1.807) is 0 Å². The van der Waals surface area contributed by atoms with Crippen LogP contribution in [0.15, 0.2) is 0 Å². The van der Waals surface area contributed by atoms with Gasteiger partial charge in [-0.15, -0.1) is 0 Å². The smallest absolute Gasteiger partial charge is 0.306 e. The normalized spacial score (nSPS) is 17.7. The van der Waals surface area contributed by atoms with Crippen LogP contribution >= 0.6 is 0 Å². The second-order valence-electron chi connectivity index (χ2n) is 13.9. The second kappa shape index (κ2) is 28.4. The quantitative estimate of drug-likeness (QED) is 0.0677. The Hall–Kier alpha value is -1.10. The van der Waals surface area contributed by atoms with Crippen molar-refractivity contribution in [2.45, 2.75) is 194 Å². The lowest BCUT2D eigenvalue weighted by Crippen LogP contribution is -2.28. The van der Waals surface area contributed by atoms with Crippen LogP contribution < -0.4 is 5.32 Å². The number of unbranched alkanes of at least 4 members (excludes halogenated alkanes) is 12. The fourth-order valence-electron chi connectivity index (χ4n) is 6.70. The molecule has 0 aliphatic heterocycles. The molecule has 3 unspecified atom stereocenters. The molecule has 1 rings (SSSR count). The molecule has 5 nitrogen and oxygen atoms in total. The SMILES string of the molecule is CCCCCC(CCCCC)CCOC(=O)CCCCCCCNCCCCCCCC(=O)OC(C)C1CCCC(C)C1. The van der Waals surface area contributed by atoms with Crippen molar-refractivity contribution in [1.82, 2.24) is 5.32 Å². The first-order chi connectivity index (χ1) is 21.0. The maximum absolute atomic E-state index is 12.2. The molecule has 43 heavy (non-hydrogen) atoms. The first-order valence-electron chi connectivity index (χ1n) is 19.0. The van der Waals surface area contributed by atoms with Crippen LogP contribution in [0.2, 0.25) is 0 Å². The number of nitrogens with one attached hydrogen (secondary N) is 1. The van der Waals surface area contributed by atoms with E-state index in [1.165, 1.54) is 116 Å². The van der Waals surface area contributed by atoms with E-state index in [0.717, 1.165) is 57.0 Å². The van der Waals surface area contributed by atoms with Gasteiger partial charge in [-0.25, -0.2) is 0 Å². The topological polar surface area (TPSA) is 64.6 Å². The Balaban J connectivity index is 1.86. The molecular formula is C38H73NO4. The van der Waals surface area contributed by atoms with E-state index in [1.807, 2.05) is 0 Å². The molecule has 254 valence electrons. The highest BCUT2D eigenvalue weighted by atomic mass is 16.5. The molecule has 0 aromatic rings. The van der Waals surface area contributed by atoms with Crippen LogP contribution in [-0.2, 0) is 19.1 Å². The van der Waals surface area contributed by atoms with Crippen LogP contribution in [0, 0.1) is 17.8 Å². The molecule has 0 aromatic heterocycles. The zero-order chi connectivity index (χ0) is 31.4. The van der Waals surface area contributed by atoms with Crippen molar-refractivity contribution in [3.63, 3.8) is 0 Å². The van der Waals surface area contributed by atoms with Crippen molar-refractivity contribution in [1.29, 1.82) is 0 Å². The molecule has 0 radical (unpaired) electrons. The third-order valence-electron chi connectivity index (χ3n) is 9.65. The monoisotopic (exact) mass is 608 g/mol. The molecule has 1 aliphatic rings. The summed E-state index contributed by atoms with van der Waals surface area (Å²) in [6.07, 6.45) is 29.1. The largest absolute Gasteiger partial charge is 0.466 e. The van der Waals surface area contributed by atoms with E-state index in [2.05, 4.69) is 33.0 Å². The molecule has 0 saturated heterocycles.